The average molecular weight is 245 g/mol. The van der Waals surface area contributed by atoms with Gasteiger partial charge in [-0.3, -0.25) is 4.68 Å². The second kappa shape index (κ2) is 4.90. The summed E-state index contributed by atoms with van der Waals surface area (Å²) in [5.74, 6) is 0.811. The topological polar surface area (TPSA) is 50.9 Å². The largest absolute Gasteiger partial charge is 0.385 e. The lowest BCUT2D eigenvalue weighted by Crippen LogP contribution is -2.27. The highest BCUT2D eigenvalue weighted by Crippen LogP contribution is 2.27. The molecule has 0 aliphatic rings. The number of hydrogen-bond acceptors (Lipinski definition) is 3. The van der Waals surface area contributed by atoms with E-state index >= 15 is 0 Å². The number of nitrogens with zero attached hydrogens (tertiary/aromatic N) is 3. The van der Waals surface area contributed by atoms with E-state index in [0.717, 1.165) is 23.5 Å². The SMILES string of the molecule is CCn1ncnc1CC(C)(O)c1ccccc1C. The van der Waals surface area contributed by atoms with E-state index in [1.807, 2.05) is 49.7 Å². The third kappa shape index (κ3) is 2.43. The van der Waals surface area contributed by atoms with Crippen LogP contribution in [-0.2, 0) is 18.6 Å². The number of benzene rings is 1. The van der Waals surface area contributed by atoms with Gasteiger partial charge in [-0.15, -0.1) is 0 Å². The molecule has 4 nitrogen and oxygen atoms in total. The van der Waals surface area contributed by atoms with Crippen LogP contribution in [0.25, 0.3) is 0 Å². The Hall–Kier alpha value is -1.68. The first-order valence-electron chi connectivity index (χ1n) is 6.20. The molecule has 1 atom stereocenters. The maximum Gasteiger partial charge on any atom is 0.138 e. The molecule has 2 rings (SSSR count). The van der Waals surface area contributed by atoms with Crippen LogP contribution in [0.2, 0.25) is 0 Å². The highest BCUT2D eigenvalue weighted by molar-refractivity contribution is 5.31. The Morgan fingerprint density at radius 2 is 2.06 bits per heavy atom. The highest BCUT2D eigenvalue weighted by atomic mass is 16.3. The van der Waals surface area contributed by atoms with Gasteiger partial charge in [-0.25, -0.2) is 4.98 Å². The molecule has 1 unspecified atom stereocenters. The number of rotatable bonds is 4. The Morgan fingerprint density at radius 3 is 2.72 bits per heavy atom. The Balaban J connectivity index is 2.30. The van der Waals surface area contributed by atoms with Gasteiger partial charge in [0.15, 0.2) is 0 Å². The van der Waals surface area contributed by atoms with Crippen molar-refractivity contribution >= 4 is 0 Å². The molecule has 2 aromatic rings. The van der Waals surface area contributed by atoms with Crippen molar-refractivity contribution in [3.8, 4) is 0 Å². The molecule has 0 bridgehead atoms. The van der Waals surface area contributed by atoms with Crippen molar-refractivity contribution in [2.24, 2.45) is 0 Å². The van der Waals surface area contributed by atoms with Crippen molar-refractivity contribution in [1.29, 1.82) is 0 Å². The van der Waals surface area contributed by atoms with E-state index in [0.29, 0.717) is 6.42 Å². The minimum Gasteiger partial charge on any atom is -0.385 e. The number of aliphatic hydroxyl groups is 1. The molecule has 0 saturated carbocycles. The quantitative estimate of drug-likeness (QED) is 0.897. The lowest BCUT2D eigenvalue weighted by molar-refractivity contribution is 0.0536. The van der Waals surface area contributed by atoms with Gasteiger partial charge in [0, 0.05) is 13.0 Å². The van der Waals surface area contributed by atoms with Crippen molar-refractivity contribution in [2.45, 2.75) is 39.3 Å². The van der Waals surface area contributed by atoms with Gasteiger partial charge < -0.3 is 5.11 Å². The van der Waals surface area contributed by atoms with Crippen molar-refractivity contribution in [3.05, 3.63) is 47.5 Å². The predicted molar refractivity (Wildman–Crippen MR) is 70.1 cm³/mol. The van der Waals surface area contributed by atoms with Gasteiger partial charge in [-0.2, -0.15) is 5.10 Å². The summed E-state index contributed by atoms with van der Waals surface area (Å²) in [5.41, 5.74) is 1.10. The summed E-state index contributed by atoms with van der Waals surface area (Å²) in [7, 11) is 0. The van der Waals surface area contributed by atoms with E-state index in [1.54, 1.807) is 0 Å². The van der Waals surface area contributed by atoms with Gasteiger partial charge in [-0.1, -0.05) is 24.3 Å². The molecule has 1 aromatic heterocycles. The highest BCUT2D eigenvalue weighted by Gasteiger charge is 2.27. The zero-order chi connectivity index (χ0) is 13.2. The summed E-state index contributed by atoms with van der Waals surface area (Å²) < 4.78 is 1.81. The van der Waals surface area contributed by atoms with Crippen LogP contribution < -0.4 is 0 Å². The van der Waals surface area contributed by atoms with Crippen LogP contribution in [0.5, 0.6) is 0 Å². The molecule has 0 radical (unpaired) electrons. The molecular formula is C14H19N3O. The van der Waals surface area contributed by atoms with Crippen LogP contribution in [0.4, 0.5) is 0 Å². The number of aryl methyl sites for hydroxylation is 2. The first-order chi connectivity index (χ1) is 8.54. The first-order valence-corrected chi connectivity index (χ1v) is 6.20. The van der Waals surface area contributed by atoms with Crippen molar-refractivity contribution in [3.63, 3.8) is 0 Å². The lowest BCUT2D eigenvalue weighted by Gasteiger charge is -2.25. The second-order valence-electron chi connectivity index (χ2n) is 4.76. The van der Waals surface area contributed by atoms with Crippen LogP contribution in [0, 0.1) is 6.92 Å². The molecule has 96 valence electrons. The summed E-state index contributed by atoms with van der Waals surface area (Å²) in [6.45, 7) is 6.61. The Bertz CT molecular complexity index is 531. The van der Waals surface area contributed by atoms with Crippen LogP contribution >= 0.6 is 0 Å². The third-order valence-electron chi connectivity index (χ3n) is 3.22. The summed E-state index contributed by atoms with van der Waals surface area (Å²) in [6, 6.07) is 7.89. The second-order valence-corrected chi connectivity index (χ2v) is 4.76. The third-order valence-corrected chi connectivity index (χ3v) is 3.22. The fraction of sp³-hybridized carbons (Fsp3) is 0.429. The van der Waals surface area contributed by atoms with Gasteiger partial charge in [0.2, 0.25) is 0 Å². The number of hydrogen-bond donors (Lipinski definition) is 1. The Morgan fingerprint density at radius 1 is 1.33 bits per heavy atom. The normalized spacial score (nSPS) is 14.4. The van der Waals surface area contributed by atoms with Crippen LogP contribution in [0.15, 0.2) is 30.6 Å². The Labute approximate surface area is 107 Å². The van der Waals surface area contributed by atoms with Gasteiger partial charge in [0.05, 0.1) is 5.60 Å². The maximum atomic E-state index is 10.7. The van der Waals surface area contributed by atoms with Crippen LogP contribution in [-0.4, -0.2) is 19.9 Å². The smallest absolute Gasteiger partial charge is 0.138 e. The zero-order valence-corrected chi connectivity index (χ0v) is 11.1. The standard InChI is InChI=1S/C14H19N3O/c1-4-17-13(15-10-16-17)9-14(3,18)12-8-6-5-7-11(12)2/h5-8,10,18H,4,9H2,1-3H3. The first kappa shape index (κ1) is 12.8. The molecule has 0 fully saturated rings. The van der Waals surface area contributed by atoms with E-state index in [2.05, 4.69) is 10.1 Å². The molecule has 0 spiro atoms. The van der Waals surface area contributed by atoms with E-state index in [9.17, 15) is 5.11 Å². The molecule has 0 saturated heterocycles. The molecule has 0 amide bonds. The number of aromatic nitrogens is 3. The molecule has 1 aromatic carbocycles. The molecule has 0 aliphatic carbocycles. The molecule has 0 aliphatic heterocycles. The molecule has 1 N–H and O–H groups in total. The van der Waals surface area contributed by atoms with Crippen molar-refractivity contribution in [1.82, 2.24) is 14.8 Å². The fourth-order valence-electron chi connectivity index (χ4n) is 2.27. The monoisotopic (exact) mass is 245 g/mol. The minimum atomic E-state index is -0.925. The van der Waals surface area contributed by atoms with E-state index in [1.165, 1.54) is 6.33 Å². The molecular weight excluding hydrogens is 226 g/mol. The van der Waals surface area contributed by atoms with Crippen LogP contribution in [0.1, 0.15) is 30.8 Å². The summed E-state index contributed by atoms with van der Waals surface area (Å²) in [4.78, 5) is 4.22. The fourth-order valence-corrected chi connectivity index (χ4v) is 2.27. The molecule has 1 heterocycles. The average Bonchev–Trinajstić information content (AvgIpc) is 2.76. The van der Waals surface area contributed by atoms with Gasteiger partial charge >= 0.3 is 0 Å². The summed E-state index contributed by atoms with van der Waals surface area (Å²) in [6.07, 6.45) is 2.00. The van der Waals surface area contributed by atoms with Crippen molar-refractivity contribution in [2.75, 3.05) is 0 Å². The van der Waals surface area contributed by atoms with E-state index in [-0.39, 0.29) is 0 Å². The Kier molecular flexibility index (Phi) is 3.48. The maximum absolute atomic E-state index is 10.7. The predicted octanol–water partition coefficient (Wildman–Crippen LogP) is 2.06. The minimum absolute atomic E-state index is 0.464. The van der Waals surface area contributed by atoms with Crippen molar-refractivity contribution < 1.29 is 5.11 Å². The summed E-state index contributed by atoms with van der Waals surface area (Å²) >= 11 is 0. The van der Waals surface area contributed by atoms with Gasteiger partial charge in [0.25, 0.3) is 0 Å². The molecule has 18 heavy (non-hydrogen) atoms. The van der Waals surface area contributed by atoms with Gasteiger partial charge in [0.1, 0.15) is 12.2 Å². The lowest BCUT2D eigenvalue weighted by atomic mass is 9.89. The molecule has 4 heteroatoms. The van der Waals surface area contributed by atoms with E-state index in [4.69, 9.17) is 0 Å². The van der Waals surface area contributed by atoms with E-state index < -0.39 is 5.60 Å². The van der Waals surface area contributed by atoms with Gasteiger partial charge in [-0.05, 0) is 31.9 Å². The van der Waals surface area contributed by atoms with Crippen LogP contribution in [0.3, 0.4) is 0 Å². The zero-order valence-electron chi connectivity index (χ0n) is 11.1. The summed E-state index contributed by atoms with van der Waals surface area (Å²) in [5, 5.41) is 14.8.